The lowest BCUT2D eigenvalue weighted by molar-refractivity contribution is 0.0733. The number of rotatable bonds is 8. The van der Waals surface area contributed by atoms with Crippen LogP contribution in [0.15, 0.2) is 0 Å². The lowest BCUT2D eigenvalue weighted by Crippen LogP contribution is -2.63. The Kier molecular flexibility index (Phi) is 7.78. The van der Waals surface area contributed by atoms with E-state index in [1.165, 1.54) is 50.4 Å². The maximum absolute atomic E-state index is 3.79. The highest BCUT2D eigenvalue weighted by Crippen LogP contribution is 2.23. The third kappa shape index (κ3) is 6.05. The van der Waals surface area contributed by atoms with Crippen LogP contribution in [0.25, 0.3) is 0 Å². The minimum Gasteiger partial charge on any atom is -0.309 e. The first-order valence-electron chi connectivity index (χ1n) is 8.07. The Morgan fingerprint density at radius 2 is 2.11 bits per heavy atom. The third-order valence-electron chi connectivity index (χ3n) is 4.29. The molecule has 1 aliphatic heterocycles. The first kappa shape index (κ1) is 17.3. The van der Waals surface area contributed by atoms with Gasteiger partial charge in [0, 0.05) is 24.7 Å². The summed E-state index contributed by atoms with van der Waals surface area (Å²) in [5.41, 5.74) is 0.325. The smallest absolute Gasteiger partial charge is 0.0278 e. The van der Waals surface area contributed by atoms with Gasteiger partial charge in [-0.1, -0.05) is 27.7 Å². The maximum atomic E-state index is 3.79. The standard InChI is InChI=1S/C16H34N2S/c1-6-16(5)13-18(9-8-10-19-7-2)15(12-17-16)11-14(3)4/h14-15,17H,6-13H2,1-5H3. The van der Waals surface area contributed by atoms with Crippen LogP contribution in [0.1, 0.15) is 53.9 Å². The van der Waals surface area contributed by atoms with Crippen molar-refractivity contribution < 1.29 is 0 Å². The zero-order valence-corrected chi connectivity index (χ0v) is 14.5. The Morgan fingerprint density at radius 1 is 1.37 bits per heavy atom. The van der Waals surface area contributed by atoms with Crippen LogP contribution < -0.4 is 5.32 Å². The Morgan fingerprint density at radius 3 is 2.68 bits per heavy atom. The Hall–Kier alpha value is 0.270. The van der Waals surface area contributed by atoms with Crippen LogP contribution in [0.3, 0.4) is 0 Å². The summed E-state index contributed by atoms with van der Waals surface area (Å²) in [4.78, 5) is 2.76. The second kappa shape index (κ2) is 8.53. The number of nitrogens with one attached hydrogen (secondary N) is 1. The van der Waals surface area contributed by atoms with E-state index in [9.17, 15) is 0 Å². The molecular formula is C16H34N2S. The van der Waals surface area contributed by atoms with E-state index in [1.54, 1.807) is 0 Å². The fourth-order valence-electron chi connectivity index (χ4n) is 2.92. The predicted molar refractivity (Wildman–Crippen MR) is 89.1 cm³/mol. The fraction of sp³-hybridized carbons (Fsp3) is 1.00. The molecule has 1 N–H and O–H groups in total. The van der Waals surface area contributed by atoms with Crippen LogP contribution in [-0.4, -0.2) is 47.6 Å². The summed E-state index contributed by atoms with van der Waals surface area (Å²) in [6, 6.07) is 0.742. The van der Waals surface area contributed by atoms with Crippen molar-refractivity contribution in [2.45, 2.75) is 65.5 Å². The van der Waals surface area contributed by atoms with Gasteiger partial charge in [0.2, 0.25) is 0 Å². The molecule has 19 heavy (non-hydrogen) atoms. The van der Waals surface area contributed by atoms with Gasteiger partial charge < -0.3 is 5.32 Å². The van der Waals surface area contributed by atoms with E-state index in [0.717, 1.165) is 12.0 Å². The molecule has 0 amide bonds. The SMILES string of the molecule is CCSCCCN1CC(C)(CC)NCC1CC(C)C. The van der Waals surface area contributed by atoms with Crippen molar-refractivity contribution >= 4 is 11.8 Å². The van der Waals surface area contributed by atoms with Crippen LogP contribution in [-0.2, 0) is 0 Å². The van der Waals surface area contributed by atoms with Gasteiger partial charge in [0.1, 0.15) is 0 Å². The molecule has 0 aliphatic carbocycles. The molecule has 1 heterocycles. The molecule has 114 valence electrons. The summed E-state index contributed by atoms with van der Waals surface area (Å²) in [5, 5.41) is 3.79. The summed E-state index contributed by atoms with van der Waals surface area (Å²) in [6.45, 7) is 15.3. The largest absolute Gasteiger partial charge is 0.309 e. The highest BCUT2D eigenvalue weighted by molar-refractivity contribution is 7.99. The lowest BCUT2D eigenvalue weighted by atomic mass is 9.90. The molecule has 0 saturated carbocycles. The van der Waals surface area contributed by atoms with Crippen molar-refractivity contribution in [2.75, 3.05) is 31.1 Å². The average molecular weight is 287 g/mol. The van der Waals surface area contributed by atoms with E-state index in [4.69, 9.17) is 0 Å². The normalized spacial score (nSPS) is 29.1. The average Bonchev–Trinajstić information content (AvgIpc) is 2.37. The molecule has 2 atom stereocenters. The first-order chi connectivity index (χ1) is 9.00. The monoisotopic (exact) mass is 286 g/mol. The first-order valence-corrected chi connectivity index (χ1v) is 9.23. The van der Waals surface area contributed by atoms with Gasteiger partial charge in [-0.25, -0.2) is 0 Å². The number of thioether (sulfide) groups is 1. The van der Waals surface area contributed by atoms with Crippen molar-refractivity contribution in [1.82, 2.24) is 10.2 Å². The molecule has 1 fully saturated rings. The van der Waals surface area contributed by atoms with Gasteiger partial charge in [-0.15, -0.1) is 0 Å². The Bertz CT molecular complexity index is 245. The highest BCUT2D eigenvalue weighted by atomic mass is 32.2. The van der Waals surface area contributed by atoms with Crippen LogP contribution in [0.5, 0.6) is 0 Å². The van der Waals surface area contributed by atoms with E-state index in [1.807, 2.05) is 0 Å². The quantitative estimate of drug-likeness (QED) is 0.686. The zero-order chi connectivity index (χ0) is 14.3. The van der Waals surface area contributed by atoms with Gasteiger partial charge in [0.25, 0.3) is 0 Å². The van der Waals surface area contributed by atoms with Crippen molar-refractivity contribution in [3.63, 3.8) is 0 Å². The lowest BCUT2D eigenvalue weighted by Gasteiger charge is -2.46. The zero-order valence-electron chi connectivity index (χ0n) is 13.7. The molecule has 1 aliphatic rings. The van der Waals surface area contributed by atoms with Crippen molar-refractivity contribution in [3.8, 4) is 0 Å². The van der Waals surface area contributed by atoms with Gasteiger partial charge in [0.05, 0.1) is 0 Å². The second-order valence-electron chi connectivity index (χ2n) is 6.60. The molecule has 0 radical (unpaired) electrons. The molecule has 0 spiro atoms. The fourth-order valence-corrected chi connectivity index (χ4v) is 3.54. The molecule has 0 aromatic carbocycles. The second-order valence-corrected chi connectivity index (χ2v) is 7.99. The minimum atomic E-state index is 0.325. The molecule has 3 heteroatoms. The van der Waals surface area contributed by atoms with E-state index in [0.29, 0.717) is 5.54 Å². The molecule has 0 bridgehead atoms. The van der Waals surface area contributed by atoms with Crippen molar-refractivity contribution in [1.29, 1.82) is 0 Å². The summed E-state index contributed by atoms with van der Waals surface area (Å²) >= 11 is 2.08. The van der Waals surface area contributed by atoms with Gasteiger partial charge in [-0.05, 0) is 50.2 Å². The summed E-state index contributed by atoms with van der Waals surface area (Å²) in [5.74, 6) is 3.37. The molecule has 1 saturated heterocycles. The number of hydrogen-bond donors (Lipinski definition) is 1. The molecule has 0 aromatic heterocycles. The summed E-state index contributed by atoms with van der Waals surface area (Å²) in [6.07, 6.45) is 3.89. The van der Waals surface area contributed by atoms with Gasteiger partial charge in [-0.2, -0.15) is 11.8 Å². The summed E-state index contributed by atoms with van der Waals surface area (Å²) < 4.78 is 0. The highest BCUT2D eigenvalue weighted by Gasteiger charge is 2.34. The number of nitrogens with zero attached hydrogens (tertiary/aromatic N) is 1. The minimum absolute atomic E-state index is 0.325. The molecule has 1 rings (SSSR count). The van der Waals surface area contributed by atoms with E-state index >= 15 is 0 Å². The van der Waals surface area contributed by atoms with Gasteiger partial charge >= 0.3 is 0 Å². The molecular weight excluding hydrogens is 252 g/mol. The molecule has 0 aromatic rings. The summed E-state index contributed by atoms with van der Waals surface area (Å²) in [7, 11) is 0. The van der Waals surface area contributed by atoms with Crippen molar-refractivity contribution in [3.05, 3.63) is 0 Å². The van der Waals surface area contributed by atoms with E-state index in [-0.39, 0.29) is 0 Å². The number of piperazine rings is 1. The van der Waals surface area contributed by atoms with Crippen LogP contribution in [0, 0.1) is 5.92 Å². The van der Waals surface area contributed by atoms with Crippen LogP contribution >= 0.6 is 11.8 Å². The van der Waals surface area contributed by atoms with E-state index in [2.05, 4.69) is 56.6 Å². The molecule has 2 unspecified atom stereocenters. The van der Waals surface area contributed by atoms with Gasteiger partial charge in [0.15, 0.2) is 0 Å². The van der Waals surface area contributed by atoms with Crippen LogP contribution in [0.4, 0.5) is 0 Å². The van der Waals surface area contributed by atoms with Crippen LogP contribution in [0.2, 0.25) is 0 Å². The van der Waals surface area contributed by atoms with Crippen molar-refractivity contribution in [2.24, 2.45) is 5.92 Å². The van der Waals surface area contributed by atoms with E-state index < -0.39 is 0 Å². The number of hydrogen-bond acceptors (Lipinski definition) is 3. The third-order valence-corrected chi connectivity index (χ3v) is 5.28. The Balaban J connectivity index is 2.50. The van der Waals surface area contributed by atoms with Gasteiger partial charge in [-0.3, -0.25) is 4.90 Å². The topological polar surface area (TPSA) is 15.3 Å². The molecule has 2 nitrogen and oxygen atoms in total. The Labute approximate surface area is 125 Å². The predicted octanol–water partition coefficient (Wildman–Crippen LogP) is 3.62. The maximum Gasteiger partial charge on any atom is 0.0278 e.